The summed E-state index contributed by atoms with van der Waals surface area (Å²) >= 11 is 1.43. The lowest BCUT2D eigenvalue weighted by molar-refractivity contribution is -0.274. The Balaban J connectivity index is 1.27. The minimum Gasteiger partial charge on any atom is -0.403 e. The van der Waals surface area contributed by atoms with Crippen molar-refractivity contribution in [1.29, 1.82) is 0 Å². The van der Waals surface area contributed by atoms with Crippen LogP contribution in [0.2, 0.25) is 0 Å². The Morgan fingerprint density at radius 2 is 1.71 bits per heavy atom. The van der Waals surface area contributed by atoms with Crippen LogP contribution in [0.4, 0.5) is 52.1 Å². The second kappa shape index (κ2) is 14.8. The van der Waals surface area contributed by atoms with Gasteiger partial charge in [0, 0.05) is 82.8 Å². The summed E-state index contributed by atoms with van der Waals surface area (Å²) < 4.78 is 62.7. The van der Waals surface area contributed by atoms with E-state index < -0.39 is 17.9 Å². The molecule has 0 unspecified atom stereocenters. The van der Waals surface area contributed by atoms with Gasteiger partial charge in [0.15, 0.2) is 17.4 Å². The lowest BCUT2D eigenvalue weighted by atomic mass is 9.99. The van der Waals surface area contributed by atoms with Gasteiger partial charge < -0.3 is 29.5 Å². The van der Waals surface area contributed by atoms with E-state index in [2.05, 4.69) is 57.1 Å². The summed E-state index contributed by atoms with van der Waals surface area (Å²) in [5.41, 5.74) is 3.98. The molecule has 2 aromatic heterocycles. The van der Waals surface area contributed by atoms with Gasteiger partial charge in [-0.3, -0.25) is 14.9 Å². The zero-order valence-electron chi connectivity index (χ0n) is 27.9. The maximum absolute atomic E-state index is 15.1. The number of aromatic nitrogens is 4. The Labute approximate surface area is 287 Å². The second-order valence-corrected chi connectivity index (χ2v) is 13.1. The van der Waals surface area contributed by atoms with Crippen molar-refractivity contribution in [2.45, 2.75) is 38.6 Å². The van der Waals surface area contributed by atoms with Crippen molar-refractivity contribution in [1.82, 2.24) is 29.7 Å². The molecule has 2 N–H and O–H groups in total. The number of halogens is 4. The van der Waals surface area contributed by atoms with Gasteiger partial charge in [0.2, 0.25) is 5.95 Å². The quantitative estimate of drug-likeness (QED) is 0.141. The first kappa shape index (κ1) is 34.7. The number of rotatable bonds is 10. The summed E-state index contributed by atoms with van der Waals surface area (Å²) in [6.45, 7) is 7.55. The van der Waals surface area contributed by atoms with Crippen LogP contribution in [0.3, 0.4) is 0 Å². The molecule has 0 amide bonds. The third-order valence-corrected chi connectivity index (χ3v) is 9.82. The summed E-state index contributed by atoms with van der Waals surface area (Å²) in [6, 6.07) is 7.03. The zero-order valence-corrected chi connectivity index (χ0v) is 28.7. The highest BCUT2D eigenvalue weighted by Crippen LogP contribution is 2.40. The number of benzene rings is 2. The molecule has 0 radical (unpaired) electrons. The van der Waals surface area contributed by atoms with Gasteiger partial charge in [-0.1, -0.05) is 18.9 Å². The molecule has 2 saturated heterocycles. The van der Waals surface area contributed by atoms with Crippen molar-refractivity contribution in [2.75, 3.05) is 79.5 Å². The van der Waals surface area contributed by atoms with Crippen molar-refractivity contribution in [3.63, 3.8) is 0 Å². The molecule has 0 saturated carbocycles. The molecule has 2 aliphatic heterocycles. The van der Waals surface area contributed by atoms with Gasteiger partial charge >= 0.3 is 6.36 Å². The Hall–Kier alpha value is -4.15. The number of aryl methyl sites for hydroxylation is 1. The molecule has 4 aromatic rings. The maximum atomic E-state index is 15.1. The van der Waals surface area contributed by atoms with Crippen LogP contribution in [-0.4, -0.2) is 102 Å². The maximum Gasteiger partial charge on any atom is 0.573 e. The van der Waals surface area contributed by atoms with Gasteiger partial charge in [-0.2, -0.15) is 4.98 Å². The molecule has 0 aliphatic carbocycles. The molecule has 2 aromatic carbocycles. The Kier molecular flexibility index (Phi) is 10.5. The number of nitrogens with one attached hydrogen (secondary N) is 2. The molecular weight excluding hydrogens is 660 g/mol. The molecule has 0 atom stereocenters. The molecule has 49 heavy (non-hydrogen) atoms. The van der Waals surface area contributed by atoms with E-state index in [-0.39, 0.29) is 17.5 Å². The van der Waals surface area contributed by atoms with Crippen molar-refractivity contribution in [3.05, 3.63) is 54.2 Å². The smallest absolute Gasteiger partial charge is 0.403 e. The Bertz CT molecular complexity index is 1760. The van der Waals surface area contributed by atoms with Crippen molar-refractivity contribution < 1.29 is 22.3 Å². The highest BCUT2D eigenvalue weighted by Gasteiger charge is 2.34. The molecule has 16 heteroatoms. The van der Waals surface area contributed by atoms with Crippen LogP contribution in [0.15, 0.2) is 42.9 Å². The number of ether oxygens (including phenoxy) is 1. The number of nitrogens with zero attached hydrogens (tertiary/aromatic N) is 8. The number of piperazine rings is 1. The standard InChI is InChI=1S/C33H40F4N10OS/c1-5-21-18-26(28(48-33(35,36)37)19-27(21)47-12-8-22(9-13-47)46-16-14-44(2)15-17-46)42-32-40-20-23(34)31(43-32)41-25-7-6-24-29(39-11-10-38-24)30(25)45(3)49-4/h6-7,10-11,18-20,22H,5,8-9,12-17H2,1-4H3,(H2,40,41,42,43). The van der Waals surface area contributed by atoms with E-state index in [1.807, 2.05) is 24.5 Å². The lowest BCUT2D eigenvalue weighted by Crippen LogP contribution is -2.52. The zero-order chi connectivity index (χ0) is 34.7. The molecule has 2 aliphatic rings. The van der Waals surface area contributed by atoms with Crippen LogP contribution < -0.4 is 24.6 Å². The van der Waals surface area contributed by atoms with E-state index in [1.165, 1.54) is 18.0 Å². The topological polar surface area (TPSA) is 97.8 Å². The van der Waals surface area contributed by atoms with E-state index in [4.69, 9.17) is 0 Å². The number of hydrogen-bond acceptors (Lipinski definition) is 12. The number of hydrogen-bond donors (Lipinski definition) is 2. The molecule has 0 bridgehead atoms. The SMILES string of the molecule is CCc1cc(Nc2ncc(F)c(Nc3ccc4nccnc4c3N(C)SC)n2)c(OC(F)(F)F)cc1N1CCC(N2CCN(C)CC2)CC1. The normalized spacial score (nSPS) is 16.6. The predicted octanol–water partition coefficient (Wildman–Crippen LogP) is 6.44. The van der Waals surface area contributed by atoms with Gasteiger partial charge in [0.25, 0.3) is 0 Å². The van der Waals surface area contributed by atoms with E-state index in [1.54, 1.807) is 30.6 Å². The Morgan fingerprint density at radius 3 is 2.41 bits per heavy atom. The number of piperidine rings is 1. The highest BCUT2D eigenvalue weighted by molar-refractivity contribution is 7.99. The van der Waals surface area contributed by atoms with Crippen LogP contribution in [0, 0.1) is 5.82 Å². The third kappa shape index (κ3) is 8.02. The fourth-order valence-electron chi connectivity index (χ4n) is 6.45. The first-order chi connectivity index (χ1) is 23.5. The van der Waals surface area contributed by atoms with E-state index >= 15 is 4.39 Å². The van der Waals surface area contributed by atoms with Crippen LogP contribution in [-0.2, 0) is 6.42 Å². The number of fused-ring (bicyclic) bond motifs is 1. The fraction of sp³-hybridized carbons (Fsp3) is 0.455. The summed E-state index contributed by atoms with van der Waals surface area (Å²) in [5.74, 6) is -1.45. The van der Waals surface area contributed by atoms with Crippen LogP contribution >= 0.6 is 11.9 Å². The average Bonchev–Trinajstić information content (AvgIpc) is 3.09. The van der Waals surface area contributed by atoms with Crippen molar-refractivity contribution in [3.8, 4) is 5.75 Å². The van der Waals surface area contributed by atoms with E-state index in [0.717, 1.165) is 63.9 Å². The monoisotopic (exact) mass is 700 g/mol. The lowest BCUT2D eigenvalue weighted by Gasteiger charge is -2.43. The van der Waals surface area contributed by atoms with Gasteiger partial charge in [0.05, 0.1) is 28.8 Å². The van der Waals surface area contributed by atoms with E-state index in [9.17, 15) is 13.2 Å². The van der Waals surface area contributed by atoms with E-state index in [0.29, 0.717) is 40.6 Å². The molecule has 0 spiro atoms. The largest absolute Gasteiger partial charge is 0.573 e. The minimum absolute atomic E-state index is 0.0200. The molecular formula is C33H40F4N10OS. The molecule has 4 heterocycles. The minimum atomic E-state index is -4.94. The first-order valence-corrected chi connectivity index (χ1v) is 17.4. The fourth-order valence-corrected chi connectivity index (χ4v) is 6.82. The van der Waals surface area contributed by atoms with Gasteiger partial charge in [-0.05, 0) is 50.1 Å². The molecule has 6 rings (SSSR count). The third-order valence-electron chi connectivity index (χ3n) is 9.09. The van der Waals surface area contributed by atoms with Gasteiger partial charge in [0.1, 0.15) is 5.52 Å². The van der Waals surface area contributed by atoms with Crippen molar-refractivity contribution in [2.24, 2.45) is 0 Å². The van der Waals surface area contributed by atoms with Gasteiger partial charge in [-0.25, -0.2) is 9.37 Å². The first-order valence-electron chi connectivity index (χ1n) is 16.2. The summed E-state index contributed by atoms with van der Waals surface area (Å²) in [7, 11) is 3.97. The number of likely N-dealkylation sites (N-methyl/N-ethyl adjacent to an activating group) is 1. The van der Waals surface area contributed by atoms with Gasteiger partial charge in [-0.15, -0.1) is 13.2 Å². The van der Waals surface area contributed by atoms with Crippen molar-refractivity contribution >= 4 is 57.5 Å². The summed E-state index contributed by atoms with van der Waals surface area (Å²) in [6.07, 6.45) is 3.50. The predicted molar refractivity (Wildman–Crippen MR) is 187 cm³/mol. The average molecular weight is 701 g/mol. The highest BCUT2D eigenvalue weighted by atomic mass is 32.2. The van der Waals surface area contributed by atoms with Crippen LogP contribution in [0.25, 0.3) is 11.0 Å². The summed E-state index contributed by atoms with van der Waals surface area (Å²) in [5, 5.41) is 5.88. The number of alkyl halides is 3. The molecule has 2 fully saturated rings. The Morgan fingerprint density at radius 1 is 0.980 bits per heavy atom. The molecule has 11 nitrogen and oxygen atoms in total. The van der Waals surface area contributed by atoms with Crippen LogP contribution in [0.5, 0.6) is 5.75 Å². The summed E-state index contributed by atoms with van der Waals surface area (Å²) in [4.78, 5) is 24.2. The molecule has 262 valence electrons. The van der Waals surface area contributed by atoms with Crippen LogP contribution in [0.1, 0.15) is 25.3 Å². The number of anilines is 6. The second-order valence-electron chi connectivity index (χ2n) is 12.1.